The highest BCUT2D eigenvalue weighted by Gasteiger charge is 2.15. The van der Waals surface area contributed by atoms with Gasteiger partial charge in [-0.3, -0.25) is 4.79 Å². The van der Waals surface area contributed by atoms with Crippen molar-refractivity contribution in [2.24, 2.45) is 0 Å². The molecule has 0 spiro atoms. The van der Waals surface area contributed by atoms with Crippen LogP contribution in [0.1, 0.15) is 44.4 Å². The Morgan fingerprint density at radius 1 is 1.07 bits per heavy atom. The molecule has 0 saturated heterocycles. The lowest BCUT2D eigenvalue weighted by molar-refractivity contribution is -0.127. The SMILES string of the molecule is Cc1ccc(O[C@@H](C)C(=O)NCCOc2ccc(C(C)(C)C)cc2)c(C)c1. The van der Waals surface area contributed by atoms with E-state index >= 15 is 0 Å². The van der Waals surface area contributed by atoms with Crippen molar-refractivity contribution in [2.45, 2.75) is 53.1 Å². The molecular weight excluding hydrogens is 338 g/mol. The van der Waals surface area contributed by atoms with Crippen molar-refractivity contribution in [3.05, 3.63) is 59.2 Å². The van der Waals surface area contributed by atoms with Gasteiger partial charge in [0.2, 0.25) is 0 Å². The van der Waals surface area contributed by atoms with Crippen LogP contribution in [0.2, 0.25) is 0 Å². The van der Waals surface area contributed by atoms with Gasteiger partial charge in [0.25, 0.3) is 5.91 Å². The number of rotatable bonds is 7. The second-order valence-corrected chi connectivity index (χ2v) is 7.94. The van der Waals surface area contributed by atoms with Gasteiger partial charge in [-0.2, -0.15) is 0 Å². The number of benzene rings is 2. The topological polar surface area (TPSA) is 47.6 Å². The summed E-state index contributed by atoms with van der Waals surface area (Å²) in [5.74, 6) is 1.39. The molecule has 1 atom stereocenters. The number of hydrogen-bond acceptors (Lipinski definition) is 3. The van der Waals surface area contributed by atoms with Gasteiger partial charge >= 0.3 is 0 Å². The van der Waals surface area contributed by atoms with Crippen molar-refractivity contribution in [2.75, 3.05) is 13.2 Å². The first-order valence-corrected chi connectivity index (χ1v) is 9.42. The number of ether oxygens (including phenoxy) is 2. The van der Waals surface area contributed by atoms with Crippen molar-refractivity contribution in [1.82, 2.24) is 5.32 Å². The summed E-state index contributed by atoms with van der Waals surface area (Å²) in [4.78, 5) is 12.2. The van der Waals surface area contributed by atoms with Crippen LogP contribution in [-0.2, 0) is 10.2 Å². The predicted octanol–water partition coefficient (Wildman–Crippen LogP) is 4.56. The normalized spacial score (nSPS) is 12.4. The molecule has 1 N–H and O–H groups in total. The molecule has 1 amide bonds. The largest absolute Gasteiger partial charge is 0.492 e. The molecule has 2 aromatic rings. The molecule has 4 nitrogen and oxygen atoms in total. The molecule has 0 unspecified atom stereocenters. The number of carbonyl (C=O) groups is 1. The summed E-state index contributed by atoms with van der Waals surface area (Å²) >= 11 is 0. The highest BCUT2D eigenvalue weighted by molar-refractivity contribution is 5.80. The van der Waals surface area contributed by atoms with Crippen LogP contribution >= 0.6 is 0 Å². The number of nitrogens with one attached hydrogen (secondary N) is 1. The second-order valence-electron chi connectivity index (χ2n) is 7.94. The van der Waals surface area contributed by atoms with Gasteiger partial charge in [-0.25, -0.2) is 0 Å². The maximum Gasteiger partial charge on any atom is 0.260 e. The van der Waals surface area contributed by atoms with E-state index in [1.54, 1.807) is 6.92 Å². The van der Waals surface area contributed by atoms with E-state index in [-0.39, 0.29) is 11.3 Å². The van der Waals surface area contributed by atoms with E-state index in [1.165, 1.54) is 11.1 Å². The number of amides is 1. The quantitative estimate of drug-likeness (QED) is 0.728. The van der Waals surface area contributed by atoms with Gasteiger partial charge in [0.15, 0.2) is 6.10 Å². The third-order valence-electron chi connectivity index (χ3n) is 4.39. The molecule has 0 fully saturated rings. The van der Waals surface area contributed by atoms with Crippen LogP contribution in [0.3, 0.4) is 0 Å². The molecule has 0 aliphatic rings. The fourth-order valence-corrected chi connectivity index (χ4v) is 2.71. The van der Waals surface area contributed by atoms with Crippen LogP contribution in [0.15, 0.2) is 42.5 Å². The Hall–Kier alpha value is -2.49. The number of hydrogen-bond donors (Lipinski definition) is 1. The minimum Gasteiger partial charge on any atom is -0.492 e. The molecule has 2 rings (SSSR count). The zero-order valence-electron chi connectivity index (χ0n) is 17.3. The predicted molar refractivity (Wildman–Crippen MR) is 110 cm³/mol. The Balaban J connectivity index is 1.75. The molecule has 146 valence electrons. The molecule has 2 aromatic carbocycles. The first kappa shape index (κ1) is 20.8. The first-order chi connectivity index (χ1) is 12.7. The fourth-order valence-electron chi connectivity index (χ4n) is 2.71. The summed E-state index contributed by atoms with van der Waals surface area (Å²) < 4.78 is 11.5. The van der Waals surface area contributed by atoms with Crippen LogP contribution in [0.25, 0.3) is 0 Å². The molecule has 0 radical (unpaired) electrons. The van der Waals surface area contributed by atoms with E-state index in [0.717, 1.165) is 17.1 Å². The lowest BCUT2D eigenvalue weighted by Crippen LogP contribution is -2.38. The van der Waals surface area contributed by atoms with Gasteiger partial charge in [0.1, 0.15) is 18.1 Å². The molecule has 0 aliphatic carbocycles. The smallest absolute Gasteiger partial charge is 0.260 e. The summed E-state index contributed by atoms with van der Waals surface area (Å²) in [6.45, 7) is 13.1. The van der Waals surface area contributed by atoms with Crippen LogP contribution in [0.4, 0.5) is 0 Å². The zero-order chi connectivity index (χ0) is 20.0. The Labute approximate surface area is 162 Å². The Kier molecular flexibility index (Phi) is 6.89. The molecule has 0 heterocycles. The summed E-state index contributed by atoms with van der Waals surface area (Å²) in [6, 6.07) is 14.0. The maximum atomic E-state index is 12.2. The molecule has 0 aromatic heterocycles. The van der Waals surface area contributed by atoms with E-state index in [0.29, 0.717) is 13.2 Å². The van der Waals surface area contributed by atoms with Crippen molar-refractivity contribution >= 4 is 5.91 Å². The summed E-state index contributed by atoms with van der Waals surface area (Å²) in [6.07, 6.45) is -0.558. The van der Waals surface area contributed by atoms with Crippen LogP contribution < -0.4 is 14.8 Å². The van der Waals surface area contributed by atoms with Gasteiger partial charge in [0, 0.05) is 0 Å². The van der Waals surface area contributed by atoms with Gasteiger partial charge in [-0.1, -0.05) is 50.6 Å². The Morgan fingerprint density at radius 3 is 2.33 bits per heavy atom. The number of carbonyl (C=O) groups excluding carboxylic acids is 1. The van der Waals surface area contributed by atoms with Gasteiger partial charge in [-0.15, -0.1) is 0 Å². The van der Waals surface area contributed by atoms with E-state index in [1.807, 2.05) is 44.2 Å². The van der Waals surface area contributed by atoms with Crippen molar-refractivity contribution in [1.29, 1.82) is 0 Å². The van der Waals surface area contributed by atoms with Crippen molar-refractivity contribution in [3.63, 3.8) is 0 Å². The van der Waals surface area contributed by atoms with Crippen LogP contribution in [0, 0.1) is 13.8 Å². The fraction of sp³-hybridized carbons (Fsp3) is 0.435. The van der Waals surface area contributed by atoms with E-state index < -0.39 is 6.10 Å². The summed E-state index contributed by atoms with van der Waals surface area (Å²) in [5.41, 5.74) is 3.58. The Bertz CT molecular complexity index is 760. The molecule has 4 heteroatoms. The molecule has 0 saturated carbocycles. The van der Waals surface area contributed by atoms with Gasteiger partial charge in [0.05, 0.1) is 6.54 Å². The minimum absolute atomic E-state index is 0.123. The third kappa shape index (κ3) is 6.31. The van der Waals surface area contributed by atoms with E-state index in [4.69, 9.17) is 9.47 Å². The van der Waals surface area contributed by atoms with Gasteiger partial charge < -0.3 is 14.8 Å². The maximum absolute atomic E-state index is 12.2. The number of aryl methyl sites for hydroxylation is 2. The average Bonchev–Trinajstić information content (AvgIpc) is 2.60. The van der Waals surface area contributed by atoms with E-state index in [9.17, 15) is 4.79 Å². The zero-order valence-corrected chi connectivity index (χ0v) is 17.3. The van der Waals surface area contributed by atoms with Gasteiger partial charge in [-0.05, 0) is 55.5 Å². The standard InChI is InChI=1S/C23H31NO3/c1-16-7-12-21(17(2)15-16)27-18(3)22(25)24-13-14-26-20-10-8-19(9-11-20)23(4,5)6/h7-12,15,18H,13-14H2,1-6H3,(H,24,25)/t18-/m0/s1. The summed E-state index contributed by atoms with van der Waals surface area (Å²) in [5, 5.41) is 2.85. The van der Waals surface area contributed by atoms with Crippen LogP contribution in [-0.4, -0.2) is 25.2 Å². The highest BCUT2D eigenvalue weighted by atomic mass is 16.5. The second kappa shape index (κ2) is 8.94. The highest BCUT2D eigenvalue weighted by Crippen LogP contribution is 2.24. The molecule has 0 aliphatic heterocycles. The molecule has 0 bridgehead atoms. The van der Waals surface area contributed by atoms with Crippen molar-refractivity contribution < 1.29 is 14.3 Å². The van der Waals surface area contributed by atoms with Crippen molar-refractivity contribution in [3.8, 4) is 11.5 Å². The molecule has 27 heavy (non-hydrogen) atoms. The monoisotopic (exact) mass is 369 g/mol. The third-order valence-corrected chi connectivity index (χ3v) is 4.39. The average molecular weight is 370 g/mol. The molecular formula is C23H31NO3. The summed E-state index contributed by atoms with van der Waals surface area (Å²) in [7, 11) is 0. The Morgan fingerprint density at radius 2 is 1.74 bits per heavy atom. The minimum atomic E-state index is -0.558. The lowest BCUT2D eigenvalue weighted by Gasteiger charge is -2.19. The van der Waals surface area contributed by atoms with Crippen LogP contribution in [0.5, 0.6) is 11.5 Å². The lowest BCUT2D eigenvalue weighted by atomic mass is 9.87. The first-order valence-electron chi connectivity index (χ1n) is 9.42. The van der Waals surface area contributed by atoms with E-state index in [2.05, 4.69) is 38.2 Å².